The second-order valence-electron chi connectivity index (χ2n) is 6.30. The van der Waals surface area contributed by atoms with Gasteiger partial charge >= 0.3 is 0 Å². The largest absolute Gasteiger partial charge is 0.340 e. The summed E-state index contributed by atoms with van der Waals surface area (Å²) in [5.41, 5.74) is 4.97. The molecule has 0 unspecified atom stereocenters. The van der Waals surface area contributed by atoms with Crippen molar-refractivity contribution in [1.82, 2.24) is 9.47 Å². The lowest BCUT2D eigenvalue weighted by Gasteiger charge is -2.12. The number of aromatic nitrogens is 1. The first kappa shape index (κ1) is 16.7. The molecule has 0 aliphatic heterocycles. The number of nitrogens with zero attached hydrogens (tertiary/aromatic N) is 2. The van der Waals surface area contributed by atoms with Gasteiger partial charge in [-0.15, -0.1) is 0 Å². The Balaban J connectivity index is 2.00. The molecule has 24 heavy (non-hydrogen) atoms. The molecule has 0 spiro atoms. The minimum Gasteiger partial charge on any atom is -0.340 e. The van der Waals surface area contributed by atoms with Crippen LogP contribution in [0.4, 0.5) is 4.79 Å². The van der Waals surface area contributed by atoms with E-state index in [1.54, 1.807) is 19.0 Å². The van der Waals surface area contributed by atoms with Crippen LogP contribution < -0.4 is 0 Å². The van der Waals surface area contributed by atoms with E-state index in [4.69, 9.17) is 0 Å². The number of carbonyl (C=O) groups is 1. The summed E-state index contributed by atoms with van der Waals surface area (Å²) in [5, 5.41) is 1.24. The SMILES string of the molecule is Cc1cc(SC(=O)N(C)C)cc2cc(C)n(Cc3ccccc3)c12. The summed E-state index contributed by atoms with van der Waals surface area (Å²) in [4.78, 5) is 14.6. The van der Waals surface area contributed by atoms with Gasteiger partial charge in [0.2, 0.25) is 0 Å². The summed E-state index contributed by atoms with van der Waals surface area (Å²) in [6.07, 6.45) is 0. The Morgan fingerprint density at radius 1 is 1.08 bits per heavy atom. The molecule has 0 aliphatic carbocycles. The van der Waals surface area contributed by atoms with Crippen LogP contribution in [0.3, 0.4) is 0 Å². The van der Waals surface area contributed by atoms with Gasteiger partial charge in [-0.3, -0.25) is 4.79 Å². The lowest BCUT2D eigenvalue weighted by Crippen LogP contribution is -2.16. The van der Waals surface area contributed by atoms with Crippen molar-refractivity contribution in [2.75, 3.05) is 14.1 Å². The number of aryl methyl sites for hydroxylation is 2. The van der Waals surface area contributed by atoms with Gasteiger partial charge in [-0.05, 0) is 54.9 Å². The highest BCUT2D eigenvalue weighted by molar-refractivity contribution is 8.13. The van der Waals surface area contributed by atoms with E-state index in [0.717, 1.165) is 11.4 Å². The van der Waals surface area contributed by atoms with Gasteiger partial charge in [0.15, 0.2) is 0 Å². The normalized spacial score (nSPS) is 11.0. The van der Waals surface area contributed by atoms with E-state index in [-0.39, 0.29) is 5.24 Å². The Labute approximate surface area is 147 Å². The molecule has 0 N–H and O–H groups in total. The Morgan fingerprint density at radius 3 is 2.46 bits per heavy atom. The third-order valence-electron chi connectivity index (χ3n) is 4.12. The second-order valence-corrected chi connectivity index (χ2v) is 7.32. The molecule has 3 aromatic rings. The van der Waals surface area contributed by atoms with Gasteiger partial charge in [-0.2, -0.15) is 0 Å². The summed E-state index contributed by atoms with van der Waals surface area (Å²) in [6.45, 7) is 5.12. The van der Waals surface area contributed by atoms with E-state index in [1.165, 1.54) is 39.5 Å². The molecule has 3 rings (SSSR count). The second kappa shape index (κ2) is 6.73. The van der Waals surface area contributed by atoms with Gasteiger partial charge in [0, 0.05) is 36.6 Å². The van der Waals surface area contributed by atoms with Crippen molar-refractivity contribution in [3.8, 4) is 0 Å². The molecule has 3 nitrogen and oxygen atoms in total. The maximum absolute atomic E-state index is 12.0. The molecule has 0 radical (unpaired) electrons. The summed E-state index contributed by atoms with van der Waals surface area (Å²) in [6, 6.07) is 16.9. The molecule has 124 valence electrons. The molecule has 1 heterocycles. The highest BCUT2D eigenvalue weighted by Gasteiger charge is 2.13. The van der Waals surface area contributed by atoms with Crippen molar-refractivity contribution in [1.29, 1.82) is 0 Å². The van der Waals surface area contributed by atoms with Gasteiger partial charge in [-0.1, -0.05) is 30.3 Å². The first-order valence-corrected chi connectivity index (χ1v) is 8.81. The molecule has 0 saturated heterocycles. The van der Waals surface area contributed by atoms with Gasteiger partial charge in [-0.25, -0.2) is 0 Å². The minimum absolute atomic E-state index is 0.0502. The van der Waals surface area contributed by atoms with Crippen molar-refractivity contribution in [3.63, 3.8) is 0 Å². The molecule has 0 aliphatic rings. The van der Waals surface area contributed by atoms with Crippen LogP contribution in [-0.2, 0) is 6.54 Å². The monoisotopic (exact) mass is 338 g/mol. The van der Waals surface area contributed by atoms with Crippen molar-refractivity contribution in [2.24, 2.45) is 0 Å². The van der Waals surface area contributed by atoms with Gasteiger partial charge < -0.3 is 9.47 Å². The fraction of sp³-hybridized carbons (Fsp3) is 0.250. The Morgan fingerprint density at radius 2 is 1.79 bits per heavy atom. The number of hydrogen-bond donors (Lipinski definition) is 0. The first-order valence-electron chi connectivity index (χ1n) is 7.99. The maximum Gasteiger partial charge on any atom is 0.285 e. The van der Waals surface area contributed by atoms with Crippen LogP contribution in [0.5, 0.6) is 0 Å². The topological polar surface area (TPSA) is 25.2 Å². The fourth-order valence-corrected chi connectivity index (χ4v) is 3.76. The lowest BCUT2D eigenvalue weighted by molar-refractivity contribution is 0.241. The standard InChI is InChI=1S/C20H22N2OS/c1-14-10-18(24-20(23)21(3)4)12-17-11-15(2)22(19(14)17)13-16-8-6-5-7-9-16/h5-12H,13H2,1-4H3. The number of hydrogen-bond acceptors (Lipinski definition) is 2. The van der Waals surface area contributed by atoms with Crippen LogP contribution >= 0.6 is 11.8 Å². The van der Waals surface area contributed by atoms with Crippen LogP contribution in [0.15, 0.2) is 53.4 Å². The molecule has 1 aromatic heterocycles. The lowest BCUT2D eigenvalue weighted by atomic mass is 10.1. The van der Waals surface area contributed by atoms with Crippen LogP contribution in [0.1, 0.15) is 16.8 Å². The predicted octanol–water partition coefficient (Wildman–Crippen LogP) is 5.08. The van der Waals surface area contributed by atoms with Crippen molar-refractivity contribution >= 4 is 27.9 Å². The van der Waals surface area contributed by atoms with Crippen molar-refractivity contribution in [2.45, 2.75) is 25.3 Å². The van der Waals surface area contributed by atoms with E-state index in [1.807, 2.05) is 6.07 Å². The average molecular weight is 338 g/mol. The number of thioether (sulfide) groups is 1. The minimum atomic E-state index is 0.0502. The number of carbonyl (C=O) groups excluding carboxylic acids is 1. The van der Waals surface area contributed by atoms with Crippen LogP contribution in [0.2, 0.25) is 0 Å². The van der Waals surface area contributed by atoms with Crippen LogP contribution in [0, 0.1) is 13.8 Å². The van der Waals surface area contributed by atoms with Gasteiger partial charge in [0.1, 0.15) is 0 Å². The van der Waals surface area contributed by atoms with Crippen molar-refractivity contribution in [3.05, 3.63) is 65.4 Å². The van der Waals surface area contributed by atoms with E-state index < -0.39 is 0 Å². The Kier molecular flexibility index (Phi) is 4.67. The Hall–Kier alpha value is -2.20. The molecule has 0 saturated carbocycles. The third-order valence-corrected chi connectivity index (χ3v) is 5.13. The van der Waals surface area contributed by atoms with Crippen LogP contribution in [0.25, 0.3) is 10.9 Å². The number of benzene rings is 2. The number of fused-ring (bicyclic) bond motifs is 1. The molecular formula is C20H22N2OS. The summed E-state index contributed by atoms with van der Waals surface area (Å²) in [7, 11) is 3.56. The van der Waals surface area contributed by atoms with E-state index in [2.05, 4.69) is 60.9 Å². The Bertz CT molecular complexity index is 882. The summed E-state index contributed by atoms with van der Waals surface area (Å²) in [5.74, 6) is 0. The fourth-order valence-electron chi connectivity index (χ4n) is 2.95. The van der Waals surface area contributed by atoms with E-state index in [0.29, 0.717) is 0 Å². The zero-order valence-electron chi connectivity index (χ0n) is 14.5. The predicted molar refractivity (Wildman–Crippen MR) is 102 cm³/mol. The molecular weight excluding hydrogens is 316 g/mol. The zero-order valence-corrected chi connectivity index (χ0v) is 15.4. The zero-order chi connectivity index (χ0) is 17.3. The summed E-state index contributed by atoms with van der Waals surface area (Å²) >= 11 is 1.28. The quantitative estimate of drug-likeness (QED) is 0.622. The molecule has 4 heteroatoms. The number of rotatable bonds is 3. The van der Waals surface area contributed by atoms with Gasteiger partial charge in [0.05, 0.1) is 5.52 Å². The third kappa shape index (κ3) is 3.34. The smallest absolute Gasteiger partial charge is 0.285 e. The van der Waals surface area contributed by atoms with Crippen molar-refractivity contribution < 1.29 is 4.79 Å². The molecule has 0 bridgehead atoms. The molecule has 0 atom stereocenters. The highest BCUT2D eigenvalue weighted by Crippen LogP contribution is 2.30. The maximum atomic E-state index is 12.0. The number of amides is 1. The molecule has 0 fully saturated rings. The molecule has 2 aromatic carbocycles. The summed E-state index contributed by atoms with van der Waals surface area (Å²) < 4.78 is 2.35. The van der Waals surface area contributed by atoms with Gasteiger partial charge in [0.25, 0.3) is 5.24 Å². The van der Waals surface area contributed by atoms with E-state index in [9.17, 15) is 4.79 Å². The first-order chi connectivity index (χ1) is 11.5. The van der Waals surface area contributed by atoms with E-state index >= 15 is 0 Å². The highest BCUT2D eigenvalue weighted by atomic mass is 32.2. The van der Waals surface area contributed by atoms with Crippen LogP contribution in [-0.4, -0.2) is 28.8 Å². The molecule has 1 amide bonds. The average Bonchev–Trinajstić information content (AvgIpc) is 2.84.